The molecule has 1 saturated carbocycles. The summed E-state index contributed by atoms with van der Waals surface area (Å²) in [5.41, 5.74) is 0.661. The number of rotatable bonds is 1. The van der Waals surface area contributed by atoms with Crippen LogP contribution in [-0.2, 0) is 5.60 Å². The van der Waals surface area contributed by atoms with Gasteiger partial charge in [-0.3, -0.25) is 0 Å². The molecule has 1 fully saturated rings. The minimum Gasteiger partial charge on any atom is -0.504 e. The fraction of sp³-hybridized carbons (Fsp3) is 0.400. The highest BCUT2D eigenvalue weighted by Crippen LogP contribution is 2.52. The SMILES string of the molecule is Cc1cc(O)c(O)c(Br)c1C1(O)CC1. The van der Waals surface area contributed by atoms with Gasteiger partial charge in [0.05, 0.1) is 10.1 Å². The van der Waals surface area contributed by atoms with Gasteiger partial charge in [0.2, 0.25) is 0 Å². The molecule has 0 heterocycles. The van der Waals surface area contributed by atoms with Crippen molar-refractivity contribution in [1.82, 2.24) is 0 Å². The van der Waals surface area contributed by atoms with Crippen LogP contribution < -0.4 is 0 Å². The zero-order valence-electron chi connectivity index (χ0n) is 7.71. The van der Waals surface area contributed by atoms with Crippen molar-refractivity contribution in [2.45, 2.75) is 25.4 Å². The monoisotopic (exact) mass is 258 g/mol. The summed E-state index contributed by atoms with van der Waals surface area (Å²) in [5.74, 6) is -0.367. The number of phenolic OH excluding ortho intramolecular Hbond substituents is 2. The molecule has 0 saturated heterocycles. The smallest absolute Gasteiger partial charge is 0.172 e. The summed E-state index contributed by atoms with van der Waals surface area (Å²) < 4.78 is 0.398. The van der Waals surface area contributed by atoms with E-state index in [9.17, 15) is 15.3 Å². The Morgan fingerprint density at radius 3 is 2.43 bits per heavy atom. The molecule has 1 aromatic carbocycles. The lowest BCUT2D eigenvalue weighted by atomic mass is 10.0. The van der Waals surface area contributed by atoms with Gasteiger partial charge >= 0.3 is 0 Å². The van der Waals surface area contributed by atoms with Gasteiger partial charge in [-0.25, -0.2) is 0 Å². The van der Waals surface area contributed by atoms with Crippen molar-refractivity contribution in [2.24, 2.45) is 0 Å². The Hall–Kier alpha value is -0.740. The zero-order valence-corrected chi connectivity index (χ0v) is 9.30. The second kappa shape index (κ2) is 2.87. The van der Waals surface area contributed by atoms with Gasteiger partial charge < -0.3 is 15.3 Å². The molecule has 1 aliphatic carbocycles. The number of aryl methyl sites for hydroxylation is 1. The van der Waals surface area contributed by atoms with E-state index >= 15 is 0 Å². The molecule has 76 valence electrons. The summed E-state index contributed by atoms with van der Waals surface area (Å²) in [6.07, 6.45) is 1.41. The van der Waals surface area contributed by atoms with Gasteiger partial charge in [-0.2, -0.15) is 0 Å². The van der Waals surface area contributed by atoms with Crippen molar-refractivity contribution in [3.63, 3.8) is 0 Å². The number of halogens is 1. The Morgan fingerprint density at radius 1 is 1.36 bits per heavy atom. The molecule has 0 atom stereocenters. The standard InChI is InChI=1S/C10H11BrO3/c1-5-4-6(12)9(13)8(11)7(5)10(14)2-3-10/h4,12-14H,2-3H2,1H3. The predicted octanol–water partition coefficient (Wildman–Crippen LogP) is 2.15. The molecule has 3 nitrogen and oxygen atoms in total. The van der Waals surface area contributed by atoms with Crippen LogP contribution in [0.1, 0.15) is 24.0 Å². The van der Waals surface area contributed by atoms with E-state index in [1.807, 2.05) is 0 Å². The molecule has 3 N–H and O–H groups in total. The molecular formula is C10H11BrO3. The summed E-state index contributed by atoms with van der Waals surface area (Å²) in [4.78, 5) is 0. The molecule has 4 heteroatoms. The van der Waals surface area contributed by atoms with Crippen LogP contribution in [0, 0.1) is 6.92 Å². The lowest BCUT2D eigenvalue weighted by molar-refractivity contribution is 0.149. The van der Waals surface area contributed by atoms with Gasteiger partial charge in [0, 0.05) is 5.56 Å². The average Bonchev–Trinajstić information content (AvgIpc) is 2.80. The van der Waals surface area contributed by atoms with E-state index in [1.165, 1.54) is 6.07 Å². The number of hydrogen-bond donors (Lipinski definition) is 3. The van der Waals surface area contributed by atoms with Crippen molar-refractivity contribution >= 4 is 15.9 Å². The first kappa shape index (κ1) is 9.80. The third kappa shape index (κ3) is 1.29. The average molecular weight is 259 g/mol. The van der Waals surface area contributed by atoms with Crippen LogP contribution in [0.3, 0.4) is 0 Å². The van der Waals surface area contributed by atoms with Gasteiger partial charge in [-0.15, -0.1) is 0 Å². The summed E-state index contributed by atoms with van der Waals surface area (Å²) in [6.45, 7) is 1.80. The van der Waals surface area contributed by atoms with Crippen molar-refractivity contribution in [2.75, 3.05) is 0 Å². The third-order valence-corrected chi connectivity index (χ3v) is 3.38. The number of benzene rings is 1. The van der Waals surface area contributed by atoms with Gasteiger partial charge in [0.25, 0.3) is 0 Å². The quantitative estimate of drug-likeness (QED) is 0.677. The minimum absolute atomic E-state index is 0.164. The molecule has 0 spiro atoms. The molecule has 1 aromatic rings. The molecule has 0 bridgehead atoms. The van der Waals surface area contributed by atoms with Crippen molar-refractivity contribution in [3.05, 3.63) is 21.7 Å². The first-order valence-electron chi connectivity index (χ1n) is 4.39. The lowest BCUT2D eigenvalue weighted by Gasteiger charge is -2.15. The fourth-order valence-electron chi connectivity index (χ4n) is 1.69. The van der Waals surface area contributed by atoms with E-state index in [4.69, 9.17) is 0 Å². The first-order valence-corrected chi connectivity index (χ1v) is 5.19. The molecule has 0 radical (unpaired) electrons. The van der Waals surface area contributed by atoms with Gasteiger partial charge in [-0.05, 0) is 47.3 Å². The number of phenols is 2. The topological polar surface area (TPSA) is 60.7 Å². The van der Waals surface area contributed by atoms with E-state index in [-0.39, 0.29) is 11.5 Å². The predicted molar refractivity (Wildman–Crippen MR) is 55.3 cm³/mol. The molecule has 0 unspecified atom stereocenters. The van der Waals surface area contributed by atoms with Crippen LogP contribution in [0.25, 0.3) is 0 Å². The van der Waals surface area contributed by atoms with Crippen LogP contribution in [0.2, 0.25) is 0 Å². The van der Waals surface area contributed by atoms with Crippen molar-refractivity contribution in [1.29, 1.82) is 0 Å². The Morgan fingerprint density at radius 2 is 1.93 bits per heavy atom. The highest BCUT2D eigenvalue weighted by molar-refractivity contribution is 9.10. The Balaban J connectivity index is 2.65. The molecule has 2 rings (SSSR count). The third-order valence-electron chi connectivity index (χ3n) is 2.61. The molecule has 0 amide bonds. The highest BCUT2D eigenvalue weighted by Gasteiger charge is 2.45. The maximum atomic E-state index is 9.95. The molecule has 0 aromatic heterocycles. The van der Waals surface area contributed by atoms with Gasteiger partial charge in [0.1, 0.15) is 0 Å². The highest BCUT2D eigenvalue weighted by atomic mass is 79.9. The van der Waals surface area contributed by atoms with Crippen LogP contribution in [0.5, 0.6) is 11.5 Å². The number of aliphatic hydroxyl groups is 1. The van der Waals surface area contributed by atoms with Gasteiger partial charge in [-0.1, -0.05) is 0 Å². The normalized spacial score (nSPS) is 18.2. The van der Waals surface area contributed by atoms with Crippen LogP contribution in [0.4, 0.5) is 0 Å². The van der Waals surface area contributed by atoms with Crippen molar-refractivity contribution < 1.29 is 15.3 Å². The summed E-state index contributed by atoms with van der Waals surface area (Å²) in [7, 11) is 0. The maximum Gasteiger partial charge on any atom is 0.172 e. The van der Waals surface area contributed by atoms with Crippen LogP contribution >= 0.6 is 15.9 Å². The molecule has 0 aliphatic heterocycles. The van der Waals surface area contributed by atoms with E-state index in [2.05, 4.69) is 15.9 Å². The maximum absolute atomic E-state index is 9.95. The number of hydrogen-bond acceptors (Lipinski definition) is 3. The largest absolute Gasteiger partial charge is 0.504 e. The Kier molecular flexibility index (Phi) is 2.01. The molecule has 1 aliphatic rings. The van der Waals surface area contributed by atoms with Crippen LogP contribution in [-0.4, -0.2) is 15.3 Å². The second-order valence-corrected chi connectivity index (χ2v) is 4.57. The first-order chi connectivity index (χ1) is 6.46. The second-order valence-electron chi connectivity index (χ2n) is 3.78. The summed E-state index contributed by atoms with van der Waals surface area (Å²) in [5, 5.41) is 28.8. The number of aromatic hydroxyl groups is 2. The zero-order chi connectivity index (χ0) is 10.5. The van der Waals surface area contributed by atoms with E-state index in [0.29, 0.717) is 22.9 Å². The molecular weight excluding hydrogens is 248 g/mol. The lowest BCUT2D eigenvalue weighted by Crippen LogP contribution is -2.07. The van der Waals surface area contributed by atoms with E-state index in [1.54, 1.807) is 6.92 Å². The molecule has 14 heavy (non-hydrogen) atoms. The summed E-state index contributed by atoms with van der Waals surface area (Å²) >= 11 is 3.19. The summed E-state index contributed by atoms with van der Waals surface area (Å²) in [6, 6.07) is 1.46. The van der Waals surface area contributed by atoms with Crippen LogP contribution in [0.15, 0.2) is 10.5 Å². The van der Waals surface area contributed by atoms with Crippen molar-refractivity contribution in [3.8, 4) is 11.5 Å². The Bertz CT molecular complexity index is 397. The Labute approximate surface area is 90.1 Å². The van der Waals surface area contributed by atoms with Gasteiger partial charge in [0.15, 0.2) is 11.5 Å². The van der Waals surface area contributed by atoms with E-state index < -0.39 is 5.60 Å². The fourth-order valence-corrected chi connectivity index (χ4v) is 2.57. The van der Waals surface area contributed by atoms with E-state index in [0.717, 1.165) is 5.56 Å². The minimum atomic E-state index is -0.811.